The maximum absolute atomic E-state index is 12.6. The summed E-state index contributed by atoms with van der Waals surface area (Å²) in [5, 5.41) is 4.29. The molecule has 0 saturated carbocycles. The summed E-state index contributed by atoms with van der Waals surface area (Å²) in [5.74, 6) is 0.611. The molecule has 2 aromatic carbocycles. The van der Waals surface area contributed by atoms with Gasteiger partial charge in [-0.2, -0.15) is 0 Å². The average Bonchev–Trinajstić information content (AvgIpc) is 2.96. The number of carbonyl (C=O) groups excluding carboxylic acids is 1. The normalized spacial score (nSPS) is 12.5. The lowest BCUT2D eigenvalue weighted by Gasteiger charge is -2.18. The van der Waals surface area contributed by atoms with Gasteiger partial charge >= 0.3 is 0 Å². The summed E-state index contributed by atoms with van der Waals surface area (Å²) in [6, 6.07) is 17.0. The van der Waals surface area contributed by atoms with Gasteiger partial charge in [-0.05, 0) is 30.0 Å². The molecule has 3 aromatic rings. The van der Waals surface area contributed by atoms with Crippen LogP contribution in [0.4, 0.5) is 0 Å². The van der Waals surface area contributed by atoms with Gasteiger partial charge in [-0.3, -0.25) is 4.79 Å². The lowest BCUT2D eigenvalue weighted by atomic mass is 9.87. The van der Waals surface area contributed by atoms with E-state index in [1.165, 1.54) is 27.6 Å². The highest BCUT2D eigenvalue weighted by Gasteiger charge is 2.22. The van der Waals surface area contributed by atoms with Crippen molar-refractivity contribution in [1.29, 1.82) is 0 Å². The van der Waals surface area contributed by atoms with Crippen molar-refractivity contribution in [3.63, 3.8) is 0 Å². The third kappa shape index (κ3) is 3.98. The van der Waals surface area contributed by atoms with E-state index in [1.54, 1.807) is 0 Å². The summed E-state index contributed by atoms with van der Waals surface area (Å²) in [4.78, 5) is 12.6. The van der Waals surface area contributed by atoms with Gasteiger partial charge in [0.25, 0.3) is 0 Å². The first kappa shape index (κ1) is 18.2. The predicted molar refractivity (Wildman–Crippen MR) is 108 cm³/mol. The van der Waals surface area contributed by atoms with E-state index in [0.29, 0.717) is 12.3 Å². The minimum Gasteiger partial charge on any atom is -0.356 e. The van der Waals surface area contributed by atoms with Crippen molar-refractivity contribution in [2.24, 2.45) is 13.0 Å². The molecule has 3 heteroatoms. The molecule has 0 radical (unpaired) electrons. The van der Waals surface area contributed by atoms with Crippen molar-refractivity contribution >= 4 is 16.8 Å². The molecule has 3 nitrogen and oxygen atoms in total. The van der Waals surface area contributed by atoms with Gasteiger partial charge in [-0.25, -0.2) is 0 Å². The number of nitrogens with zero attached hydrogens (tertiary/aromatic N) is 1. The number of carbonyl (C=O) groups is 1. The Morgan fingerprint density at radius 2 is 1.77 bits per heavy atom. The van der Waals surface area contributed by atoms with Crippen LogP contribution in [0.25, 0.3) is 10.9 Å². The third-order valence-corrected chi connectivity index (χ3v) is 4.88. The van der Waals surface area contributed by atoms with Crippen molar-refractivity contribution in [2.75, 3.05) is 6.54 Å². The number of aryl methyl sites for hydroxylation is 2. The van der Waals surface area contributed by atoms with Crippen molar-refractivity contribution < 1.29 is 4.79 Å². The second-order valence-electron chi connectivity index (χ2n) is 7.58. The highest BCUT2D eigenvalue weighted by atomic mass is 16.1. The van der Waals surface area contributed by atoms with Crippen LogP contribution < -0.4 is 5.32 Å². The van der Waals surface area contributed by atoms with Crippen LogP contribution in [0.15, 0.2) is 54.7 Å². The van der Waals surface area contributed by atoms with Crippen molar-refractivity contribution in [3.05, 3.63) is 71.4 Å². The summed E-state index contributed by atoms with van der Waals surface area (Å²) in [6.45, 7) is 7.03. The van der Waals surface area contributed by atoms with Gasteiger partial charge in [-0.1, -0.05) is 61.9 Å². The zero-order chi connectivity index (χ0) is 18.7. The van der Waals surface area contributed by atoms with Crippen LogP contribution in [0.1, 0.15) is 42.9 Å². The Labute approximate surface area is 156 Å². The number of nitrogens with one attached hydrogen (secondary N) is 1. The molecule has 0 aliphatic rings. The highest BCUT2D eigenvalue weighted by Crippen LogP contribution is 2.34. The molecule has 0 saturated heterocycles. The number of hydrogen-bond acceptors (Lipinski definition) is 1. The summed E-state index contributed by atoms with van der Waals surface area (Å²) in [6.07, 6.45) is 2.63. The molecule has 26 heavy (non-hydrogen) atoms. The molecule has 1 heterocycles. The lowest BCUT2D eigenvalue weighted by Crippen LogP contribution is -2.28. The molecule has 0 bridgehead atoms. The SMILES string of the molecule is Cc1ccc([C@H](CC(=O)NCC(C)C)c2cn(C)c3ccccc23)cc1. The number of rotatable bonds is 6. The van der Waals surface area contributed by atoms with Gasteiger partial charge in [0.15, 0.2) is 0 Å². The Morgan fingerprint density at radius 1 is 1.08 bits per heavy atom. The lowest BCUT2D eigenvalue weighted by molar-refractivity contribution is -0.121. The average molecular weight is 348 g/mol. The number of benzene rings is 2. The fourth-order valence-corrected chi connectivity index (χ4v) is 3.43. The fraction of sp³-hybridized carbons (Fsp3) is 0.348. The quantitative estimate of drug-likeness (QED) is 0.683. The summed E-state index contributed by atoms with van der Waals surface area (Å²) >= 11 is 0. The number of aromatic nitrogens is 1. The second-order valence-corrected chi connectivity index (χ2v) is 7.58. The zero-order valence-electron chi connectivity index (χ0n) is 16.1. The van der Waals surface area contributed by atoms with Crippen LogP contribution in [-0.4, -0.2) is 17.0 Å². The van der Waals surface area contributed by atoms with E-state index >= 15 is 0 Å². The zero-order valence-corrected chi connectivity index (χ0v) is 16.1. The van der Waals surface area contributed by atoms with E-state index in [2.05, 4.69) is 92.4 Å². The maximum atomic E-state index is 12.6. The molecular weight excluding hydrogens is 320 g/mol. The monoisotopic (exact) mass is 348 g/mol. The summed E-state index contributed by atoms with van der Waals surface area (Å²) < 4.78 is 2.15. The minimum atomic E-state index is 0.0499. The van der Waals surface area contributed by atoms with Crippen LogP contribution in [0.3, 0.4) is 0 Å². The fourth-order valence-electron chi connectivity index (χ4n) is 3.43. The van der Waals surface area contributed by atoms with Gasteiger partial charge in [0.1, 0.15) is 0 Å². The molecular formula is C23H28N2O. The van der Waals surface area contributed by atoms with Gasteiger partial charge in [-0.15, -0.1) is 0 Å². The topological polar surface area (TPSA) is 34.0 Å². The first-order valence-corrected chi connectivity index (χ1v) is 9.33. The third-order valence-electron chi connectivity index (χ3n) is 4.88. The van der Waals surface area contributed by atoms with E-state index in [-0.39, 0.29) is 11.8 Å². The minimum absolute atomic E-state index is 0.0499. The van der Waals surface area contributed by atoms with Gasteiger partial charge in [0, 0.05) is 43.0 Å². The molecule has 0 spiro atoms. The van der Waals surface area contributed by atoms with E-state index in [9.17, 15) is 4.79 Å². The molecule has 0 unspecified atom stereocenters. The van der Waals surface area contributed by atoms with Gasteiger partial charge in [0.05, 0.1) is 0 Å². The molecule has 0 aliphatic carbocycles. The predicted octanol–water partition coefficient (Wildman–Crippen LogP) is 4.78. The second kappa shape index (κ2) is 7.77. The number of fused-ring (bicyclic) bond motifs is 1. The summed E-state index contributed by atoms with van der Waals surface area (Å²) in [7, 11) is 2.07. The Morgan fingerprint density at radius 3 is 2.46 bits per heavy atom. The van der Waals surface area contributed by atoms with Gasteiger partial charge < -0.3 is 9.88 Å². The molecule has 0 aliphatic heterocycles. The Kier molecular flexibility index (Phi) is 5.46. The van der Waals surface area contributed by atoms with Crippen LogP contribution in [0, 0.1) is 12.8 Å². The highest BCUT2D eigenvalue weighted by molar-refractivity contribution is 5.86. The van der Waals surface area contributed by atoms with Crippen LogP contribution >= 0.6 is 0 Å². The molecule has 1 aromatic heterocycles. The van der Waals surface area contributed by atoms with Crippen molar-refractivity contribution in [3.8, 4) is 0 Å². The Balaban J connectivity index is 1.99. The molecule has 136 valence electrons. The Bertz CT molecular complexity index is 890. The van der Waals surface area contributed by atoms with Crippen LogP contribution in [0.5, 0.6) is 0 Å². The van der Waals surface area contributed by atoms with Crippen LogP contribution in [0.2, 0.25) is 0 Å². The first-order chi connectivity index (χ1) is 12.5. The smallest absolute Gasteiger partial charge is 0.220 e. The van der Waals surface area contributed by atoms with E-state index in [4.69, 9.17) is 0 Å². The summed E-state index contributed by atoms with van der Waals surface area (Å²) in [5.41, 5.74) is 4.83. The standard InChI is InChI=1S/C23H28N2O/c1-16(2)14-24-23(26)13-20(18-11-9-17(3)10-12-18)21-15-25(4)22-8-6-5-7-19(21)22/h5-12,15-16,20H,13-14H2,1-4H3,(H,24,26)/t20-/m0/s1. The maximum Gasteiger partial charge on any atom is 0.220 e. The molecule has 1 N–H and O–H groups in total. The van der Waals surface area contributed by atoms with E-state index in [0.717, 1.165) is 6.54 Å². The number of hydrogen-bond donors (Lipinski definition) is 1. The number of amides is 1. The van der Waals surface area contributed by atoms with E-state index < -0.39 is 0 Å². The molecule has 1 amide bonds. The Hall–Kier alpha value is -2.55. The molecule has 1 atom stereocenters. The first-order valence-electron chi connectivity index (χ1n) is 9.33. The largest absolute Gasteiger partial charge is 0.356 e. The number of para-hydroxylation sites is 1. The van der Waals surface area contributed by atoms with Gasteiger partial charge in [0.2, 0.25) is 5.91 Å². The van der Waals surface area contributed by atoms with E-state index in [1.807, 2.05) is 0 Å². The molecule has 3 rings (SSSR count). The van der Waals surface area contributed by atoms with Crippen molar-refractivity contribution in [1.82, 2.24) is 9.88 Å². The van der Waals surface area contributed by atoms with Crippen molar-refractivity contribution in [2.45, 2.75) is 33.1 Å². The molecule has 0 fully saturated rings. The van der Waals surface area contributed by atoms with Crippen LogP contribution in [-0.2, 0) is 11.8 Å².